The van der Waals surface area contributed by atoms with Gasteiger partial charge in [-0.15, -0.1) is 0 Å². The number of thiocarbonyl (C=S) groups is 1. The molecule has 0 aliphatic heterocycles. The molecule has 0 heterocycles. The molecule has 0 unspecified atom stereocenters. The van der Waals surface area contributed by atoms with Crippen LogP contribution in [0.1, 0.15) is 12.5 Å². The molecule has 6 nitrogen and oxygen atoms in total. The molecule has 0 aromatic heterocycles. The van der Waals surface area contributed by atoms with Crippen LogP contribution in [0.15, 0.2) is 59.7 Å². The van der Waals surface area contributed by atoms with E-state index in [0.29, 0.717) is 10.8 Å². The monoisotopic (exact) mass is 327 g/mol. The number of primary amides is 1. The van der Waals surface area contributed by atoms with E-state index in [-0.39, 0.29) is 0 Å². The van der Waals surface area contributed by atoms with Crippen LogP contribution in [0.5, 0.6) is 0 Å². The van der Waals surface area contributed by atoms with Crippen molar-refractivity contribution in [1.29, 1.82) is 0 Å². The molecular weight excluding hydrogens is 310 g/mol. The maximum atomic E-state index is 10.6. The summed E-state index contributed by atoms with van der Waals surface area (Å²) in [7, 11) is 0. The highest BCUT2D eigenvalue weighted by atomic mass is 32.1. The van der Waals surface area contributed by atoms with Crippen molar-refractivity contribution in [3.8, 4) is 0 Å². The van der Waals surface area contributed by atoms with Crippen LogP contribution in [0.4, 0.5) is 16.2 Å². The third-order valence-corrected chi connectivity index (χ3v) is 3.13. The minimum atomic E-state index is -0.694. The van der Waals surface area contributed by atoms with E-state index in [4.69, 9.17) is 18.0 Å². The summed E-state index contributed by atoms with van der Waals surface area (Å²) in [5.41, 5.74) is 10.5. The van der Waals surface area contributed by atoms with Gasteiger partial charge in [-0.2, -0.15) is 5.10 Å². The standard InChI is InChI=1S/C16H17N5OS/c1-11(20-21-15(17)22)12-7-9-14(10-8-12)19-16(23)18-13-5-3-2-4-6-13/h2-10H,1H3,(H3,17,21,22)(H2,18,19,23)/b20-11+. The van der Waals surface area contributed by atoms with Gasteiger partial charge in [-0.05, 0) is 49.0 Å². The molecule has 23 heavy (non-hydrogen) atoms. The first-order chi connectivity index (χ1) is 11.0. The SMILES string of the molecule is C/C(=N\NC(N)=O)c1ccc(NC(=S)Nc2ccccc2)cc1. The van der Waals surface area contributed by atoms with Gasteiger partial charge in [0.1, 0.15) is 0 Å². The lowest BCUT2D eigenvalue weighted by molar-refractivity contribution is 0.249. The summed E-state index contributed by atoms with van der Waals surface area (Å²) < 4.78 is 0. The largest absolute Gasteiger partial charge is 0.350 e. The number of hydrogen-bond acceptors (Lipinski definition) is 3. The summed E-state index contributed by atoms with van der Waals surface area (Å²) in [6.07, 6.45) is 0. The van der Waals surface area contributed by atoms with Gasteiger partial charge in [-0.25, -0.2) is 10.2 Å². The second kappa shape index (κ2) is 7.90. The highest BCUT2D eigenvalue weighted by Gasteiger charge is 2.01. The average molecular weight is 327 g/mol. The fourth-order valence-corrected chi connectivity index (χ4v) is 2.05. The van der Waals surface area contributed by atoms with Crippen LogP contribution in [-0.4, -0.2) is 16.9 Å². The van der Waals surface area contributed by atoms with Gasteiger partial charge < -0.3 is 16.4 Å². The van der Waals surface area contributed by atoms with Gasteiger partial charge in [0.05, 0.1) is 5.71 Å². The number of carbonyl (C=O) groups excluding carboxylic acids is 1. The molecule has 0 saturated carbocycles. The van der Waals surface area contributed by atoms with Crippen LogP contribution >= 0.6 is 12.2 Å². The van der Waals surface area contributed by atoms with E-state index in [0.717, 1.165) is 16.9 Å². The second-order valence-electron chi connectivity index (χ2n) is 4.70. The van der Waals surface area contributed by atoms with Crippen LogP contribution in [0.25, 0.3) is 0 Å². The molecule has 0 aliphatic rings. The number of nitrogens with one attached hydrogen (secondary N) is 3. The first kappa shape index (κ1) is 16.4. The van der Waals surface area contributed by atoms with Gasteiger partial charge in [-0.1, -0.05) is 30.3 Å². The molecule has 2 aromatic carbocycles. The van der Waals surface area contributed by atoms with Crippen molar-refractivity contribution in [2.45, 2.75) is 6.92 Å². The zero-order valence-electron chi connectivity index (χ0n) is 12.5. The molecular formula is C16H17N5OS. The number of hydrogen-bond donors (Lipinski definition) is 4. The number of urea groups is 1. The molecule has 0 atom stereocenters. The lowest BCUT2D eigenvalue weighted by atomic mass is 10.1. The van der Waals surface area contributed by atoms with Gasteiger partial charge in [0.25, 0.3) is 0 Å². The molecule has 0 spiro atoms. The lowest BCUT2D eigenvalue weighted by Gasteiger charge is -2.11. The highest BCUT2D eigenvalue weighted by Crippen LogP contribution is 2.12. The van der Waals surface area contributed by atoms with Crippen molar-refractivity contribution in [3.05, 3.63) is 60.2 Å². The first-order valence-electron chi connectivity index (χ1n) is 6.88. The van der Waals surface area contributed by atoms with Gasteiger partial charge in [0.2, 0.25) is 0 Å². The van der Waals surface area contributed by atoms with Crippen molar-refractivity contribution in [1.82, 2.24) is 5.43 Å². The predicted octanol–water partition coefficient (Wildman–Crippen LogP) is 2.89. The van der Waals surface area contributed by atoms with E-state index in [9.17, 15) is 4.79 Å². The van der Waals surface area contributed by atoms with E-state index < -0.39 is 6.03 Å². The number of anilines is 2. The second-order valence-corrected chi connectivity index (χ2v) is 5.10. The van der Waals surface area contributed by atoms with Crippen LogP contribution < -0.4 is 21.8 Å². The molecule has 2 aromatic rings. The van der Waals surface area contributed by atoms with Gasteiger partial charge in [0.15, 0.2) is 5.11 Å². The third-order valence-electron chi connectivity index (χ3n) is 2.93. The van der Waals surface area contributed by atoms with Crippen molar-refractivity contribution in [2.75, 3.05) is 10.6 Å². The molecule has 2 rings (SSSR count). The Morgan fingerprint density at radius 1 is 1.00 bits per heavy atom. The number of rotatable bonds is 4. The number of amides is 2. The highest BCUT2D eigenvalue weighted by molar-refractivity contribution is 7.80. The van der Waals surface area contributed by atoms with Crippen molar-refractivity contribution in [3.63, 3.8) is 0 Å². The Hall–Kier alpha value is -2.93. The Morgan fingerprint density at radius 2 is 1.57 bits per heavy atom. The predicted molar refractivity (Wildman–Crippen MR) is 97.7 cm³/mol. The number of para-hydroxylation sites is 1. The Bertz CT molecular complexity index is 713. The number of benzene rings is 2. The maximum Gasteiger partial charge on any atom is 0.332 e. The van der Waals surface area contributed by atoms with Crippen molar-refractivity contribution in [2.24, 2.45) is 10.8 Å². The molecule has 7 heteroatoms. The number of carbonyl (C=O) groups is 1. The lowest BCUT2D eigenvalue weighted by Crippen LogP contribution is -2.25. The average Bonchev–Trinajstić information content (AvgIpc) is 2.54. The first-order valence-corrected chi connectivity index (χ1v) is 7.28. The van der Waals surface area contributed by atoms with Gasteiger partial charge in [-0.3, -0.25) is 0 Å². The number of hydrazone groups is 1. The zero-order valence-corrected chi connectivity index (χ0v) is 13.4. The van der Waals surface area contributed by atoms with E-state index >= 15 is 0 Å². The van der Waals surface area contributed by atoms with Crippen molar-refractivity contribution >= 4 is 40.4 Å². The molecule has 0 radical (unpaired) electrons. The Balaban J connectivity index is 1.96. The van der Waals surface area contributed by atoms with E-state index in [1.54, 1.807) is 6.92 Å². The smallest absolute Gasteiger partial charge is 0.332 e. The van der Waals surface area contributed by atoms with Gasteiger partial charge >= 0.3 is 6.03 Å². The van der Waals surface area contributed by atoms with Crippen LogP contribution in [0.2, 0.25) is 0 Å². The summed E-state index contributed by atoms with van der Waals surface area (Å²) in [5, 5.41) is 10.6. The van der Waals surface area contributed by atoms with E-state index in [1.807, 2.05) is 54.6 Å². The minimum Gasteiger partial charge on any atom is -0.350 e. The van der Waals surface area contributed by atoms with E-state index in [1.165, 1.54) is 0 Å². The van der Waals surface area contributed by atoms with Crippen LogP contribution in [0.3, 0.4) is 0 Å². The summed E-state index contributed by atoms with van der Waals surface area (Å²) in [5.74, 6) is 0. The Kier molecular flexibility index (Phi) is 5.65. The summed E-state index contributed by atoms with van der Waals surface area (Å²) >= 11 is 5.27. The fraction of sp³-hybridized carbons (Fsp3) is 0.0625. The Morgan fingerprint density at radius 3 is 2.13 bits per heavy atom. The summed E-state index contributed by atoms with van der Waals surface area (Å²) in [6.45, 7) is 1.78. The van der Waals surface area contributed by atoms with Crippen LogP contribution in [0, 0.1) is 0 Å². The Labute approximate surface area is 139 Å². The normalized spacial score (nSPS) is 10.7. The number of nitrogens with zero attached hydrogens (tertiary/aromatic N) is 1. The van der Waals surface area contributed by atoms with Crippen LogP contribution in [-0.2, 0) is 0 Å². The zero-order chi connectivity index (χ0) is 16.7. The quantitative estimate of drug-likeness (QED) is 0.395. The topological polar surface area (TPSA) is 91.5 Å². The minimum absolute atomic E-state index is 0.504. The molecule has 0 aliphatic carbocycles. The fourth-order valence-electron chi connectivity index (χ4n) is 1.81. The van der Waals surface area contributed by atoms with E-state index in [2.05, 4.69) is 21.2 Å². The molecule has 5 N–H and O–H groups in total. The maximum absolute atomic E-state index is 10.6. The summed E-state index contributed by atoms with van der Waals surface area (Å²) in [6, 6.07) is 16.5. The molecule has 0 fully saturated rings. The number of nitrogens with two attached hydrogens (primary N) is 1. The third kappa shape index (κ3) is 5.40. The molecule has 118 valence electrons. The molecule has 0 bridgehead atoms. The summed E-state index contributed by atoms with van der Waals surface area (Å²) in [4.78, 5) is 10.6. The van der Waals surface area contributed by atoms with Crippen molar-refractivity contribution < 1.29 is 4.79 Å². The van der Waals surface area contributed by atoms with Gasteiger partial charge in [0, 0.05) is 11.4 Å². The molecule has 0 saturated heterocycles. The molecule has 2 amide bonds.